The quantitative estimate of drug-likeness (QED) is 0.910. The highest BCUT2D eigenvalue weighted by Gasteiger charge is 2.28. The Morgan fingerprint density at radius 3 is 2.33 bits per heavy atom. The van der Waals surface area contributed by atoms with Crippen LogP contribution < -0.4 is 10.9 Å². The molecule has 3 aliphatic rings. The molecule has 1 saturated carbocycles. The van der Waals surface area contributed by atoms with Crippen LogP contribution in [0.15, 0.2) is 35.1 Å². The molecule has 0 atom stereocenters. The predicted molar refractivity (Wildman–Crippen MR) is 107 cm³/mol. The van der Waals surface area contributed by atoms with Crippen LogP contribution >= 0.6 is 0 Å². The SMILES string of the molecule is O=c1cc2c(nn1C1CCC(NC3Cc4ccccc4C3)CC1)CCCC2. The zero-order chi connectivity index (χ0) is 18.2. The molecule has 142 valence electrons. The summed E-state index contributed by atoms with van der Waals surface area (Å²) in [6.45, 7) is 0. The average Bonchev–Trinajstić information content (AvgIpc) is 3.10. The maximum absolute atomic E-state index is 12.6. The highest BCUT2D eigenvalue weighted by molar-refractivity contribution is 5.33. The summed E-state index contributed by atoms with van der Waals surface area (Å²) in [5.41, 5.74) is 5.49. The maximum atomic E-state index is 12.6. The zero-order valence-corrected chi connectivity index (χ0v) is 16.0. The Balaban J connectivity index is 1.21. The number of aryl methyl sites for hydroxylation is 2. The van der Waals surface area contributed by atoms with E-state index >= 15 is 0 Å². The molecule has 4 nitrogen and oxygen atoms in total. The highest BCUT2D eigenvalue weighted by Crippen LogP contribution is 2.30. The minimum absolute atomic E-state index is 0.110. The van der Waals surface area contributed by atoms with E-state index in [1.807, 2.05) is 10.7 Å². The van der Waals surface area contributed by atoms with Gasteiger partial charge < -0.3 is 5.32 Å². The third-order valence-corrected chi connectivity index (χ3v) is 6.80. The van der Waals surface area contributed by atoms with Gasteiger partial charge in [-0.15, -0.1) is 0 Å². The summed E-state index contributed by atoms with van der Waals surface area (Å²) >= 11 is 0. The van der Waals surface area contributed by atoms with Crippen molar-refractivity contribution in [3.63, 3.8) is 0 Å². The molecule has 1 N–H and O–H groups in total. The zero-order valence-electron chi connectivity index (χ0n) is 16.0. The lowest BCUT2D eigenvalue weighted by atomic mass is 9.90. The molecule has 0 amide bonds. The largest absolute Gasteiger partial charge is 0.311 e. The van der Waals surface area contributed by atoms with Crippen molar-refractivity contribution in [3.8, 4) is 0 Å². The summed E-state index contributed by atoms with van der Waals surface area (Å²) in [5, 5.41) is 8.67. The molecule has 0 unspecified atom stereocenters. The van der Waals surface area contributed by atoms with E-state index < -0.39 is 0 Å². The van der Waals surface area contributed by atoms with Crippen molar-refractivity contribution in [3.05, 3.63) is 63.1 Å². The number of aromatic nitrogens is 2. The van der Waals surface area contributed by atoms with E-state index in [1.165, 1.54) is 35.2 Å². The molecular weight excluding hydrogens is 334 g/mol. The fourth-order valence-corrected chi connectivity index (χ4v) is 5.34. The van der Waals surface area contributed by atoms with Gasteiger partial charge in [0.25, 0.3) is 5.56 Å². The molecule has 2 aromatic rings. The first-order chi connectivity index (χ1) is 13.3. The van der Waals surface area contributed by atoms with Gasteiger partial charge in [-0.2, -0.15) is 5.10 Å². The Labute approximate surface area is 161 Å². The van der Waals surface area contributed by atoms with Gasteiger partial charge in [-0.25, -0.2) is 4.68 Å². The van der Waals surface area contributed by atoms with Gasteiger partial charge in [-0.05, 0) is 80.9 Å². The average molecular weight is 364 g/mol. The third kappa shape index (κ3) is 3.47. The Morgan fingerprint density at radius 1 is 0.889 bits per heavy atom. The van der Waals surface area contributed by atoms with Gasteiger partial charge in [0, 0.05) is 18.2 Å². The van der Waals surface area contributed by atoms with Crippen molar-refractivity contribution < 1.29 is 0 Å². The molecule has 0 aliphatic heterocycles. The lowest BCUT2D eigenvalue weighted by molar-refractivity contribution is 0.255. The molecule has 0 saturated heterocycles. The number of benzene rings is 1. The molecule has 1 heterocycles. The maximum Gasteiger partial charge on any atom is 0.267 e. The molecule has 3 aliphatic carbocycles. The van der Waals surface area contributed by atoms with Crippen molar-refractivity contribution >= 4 is 0 Å². The van der Waals surface area contributed by atoms with E-state index in [2.05, 4.69) is 29.6 Å². The molecule has 4 heteroatoms. The second-order valence-corrected chi connectivity index (χ2v) is 8.65. The monoisotopic (exact) mass is 363 g/mol. The molecule has 1 aromatic heterocycles. The van der Waals surface area contributed by atoms with Crippen molar-refractivity contribution in [1.82, 2.24) is 15.1 Å². The van der Waals surface area contributed by atoms with Gasteiger partial charge in [0.05, 0.1) is 11.7 Å². The minimum Gasteiger partial charge on any atom is -0.311 e. The number of fused-ring (bicyclic) bond motifs is 2. The van der Waals surface area contributed by atoms with E-state index in [0.29, 0.717) is 12.1 Å². The molecule has 0 spiro atoms. The first-order valence-electron chi connectivity index (χ1n) is 10.7. The topological polar surface area (TPSA) is 46.9 Å². The number of rotatable bonds is 3. The molecule has 5 rings (SSSR count). The van der Waals surface area contributed by atoms with Crippen LogP contribution in [0.2, 0.25) is 0 Å². The molecule has 27 heavy (non-hydrogen) atoms. The summed E-state index contributed by atoms with van der Waals surface area (Å²) in [7, 11) is 0. The summed E-state index contributed by atoms with van der Waals surface area (Å²) < 4.78 is 1.81. The predicted octanol–water partition coefficient (Wildman–Crippen LogP) is 3.36. The smallest absolute Gasteiger partial charge is 0.267 e. The van der Waals surface area contributed by atoms with Crippen LogP contribution in [0.25, 0.3) is 0 Å². The summed E-state index contributed by atoms with van der Waals surface area (Å²) in [6.07, 6.45) is 11.2. The fourth-order valence-electron chi connectivity index (χ4n) is 5.34. The van der Waals surface area contributed by atoms with Crippen LogP contribution in [0.4, 0.5) is 0 Å². The highest BCUT2D eigenvalue weighted by atomic mass is 16.1. The Bertz CT molecular complexity index is 854. The van der Waals surface area contributed by atoms with Gasteiger partial charge in [0.15, 0.2) is 0 Å². The molecule has 0 bridgehead atoms. The normalized spacial score (nSPS) is 25.2. The van der Waals surface area contributed by atoms with Gasteiger partial charge in [-0.1, -0.05) is 24.3 Å². The Morgan fingerprint density at radius 2 is 1.59 bits per heavy atom. The van der Waals surface area contributed by atoms with E-state index in [1.54, 1.807) is 0 Å². The van der Waals surface area contributed by atoms with Gasteiger partial charge >= 0.3 is 0 Å². The third-order valence-electron chi connectivity index (χ3n) is 6.80. The number of nitrogens with one attached hydrogen (secondary N) is 1. The van der Waals surface area contributed by atoms with E-state index in [9.17, 15) is 4.79 Å². The lowest BCUT2D eigenvalue weighted by Gasteiger charge is -2.32. The van der Waals surface area contributed by atoms with Crippen LogP contribution in [0, 0.1) is 0 Å². The standard InChI is InChI=1S/C23H29N3O/c27-23-15-18-7-3-4-8-22(18)25-26(23)21-11-9-19(10-12-21)24-20-13-16-5-1-2-6-17(16)14-20/h1-2,5-6,15,19-21,24H,3-4,7-14H2. The summed E-state index contributed by atoms with van der Waals surface area (Å²) in [4.78, 5) is 12.6. The summed E-state index contributed by atoms with van der Waals surface area (Å²) in [5.74, 6) is 0. The molecule has 1 aromatic carbocycles. The van der Waals surface area contributed by atoms with E-state index in [-0.39, 0.29) is 11.6 Å². The molecule has 0 radical (unpaired) electrons. The fraction of sp³-hybridized carbons (Fsp3) is 0.565. The van der Waals surface area contributed by atoms with Gasteiger partial charge in [-0.3, -0.25) is 4.79 Å². The van der Waals surface area contributed by atoms with Crippen LogP contribution in [0.5, 0.6) is 0 Å². The van der Waals surface area contributed by atoms with E-state index in [4.69, 9.17) is 5.10 Å². The Hall–Kier alpha value is -1.94. The second-order valence-electron chi connectivity index (χ2n) is 8.65. The first-order valence-corrected chi connectivity index (χ1v) is 10.7. The number of hydrogen-bond donors (Lipinski definition) is 1. The summed E-state index contributed by atoms with van der Waals surface area (Å²) in [6, 6.07) is 12.1. The van der Waals surface area contributed by atoms with Gasteiger partial charge in [0.1, 0.15) is 0 Å². The van der Waals surface area contributed by atoms with Gasteiger partial charge in [0.2, 0.25) is 0 Å². The van der Waals surface area contributed by atoms with Crippen LogP contribution in [-0.2, 0) is 25.7 Å². The molecular formula is C23H29N3O. The van der Waals surface area contributed by atoms with Crippen LogP contribution in [0.3, 0.4) is 0 Å². The minimum atomic E-state index is 0.110. The lowest BCUT2D eigenvalue weighted by Crippen LogP contribution is -2.42. The Kier molecular flexibility index (Phi) is 4.60. The van der Waals surface area contributed by atoms with E-state index in [0.717, 1.165) is 51.4 Å². The van der Waals surface area contributed by atoms with Crippen molar-refractivity contribution in [2.24, 2.45) is 0 Å². The second kappa shape index (κ2) is 7.23. The van der Waals surface area contributed by atoms with Crippen LogP contribution in [-0.4, -0.2) is 21.9 Å². The van der Waals surface area contributed by atoms with Crippen molar-refractivity contribution in [2.45, 2.75) is 82.3 Å². The molecule has 1 fully saturated rings. The van der Waals surface area contributed by atoms with Crippen LogP contribution in [0.1, 0.15) is 67.0 Å². The van der Waals surface area contributed by atoms with Crippen molar-refractivity contribution in [2.75, 3.05) is 0 Å². The first kappa shape index (κ1) is 17.2. The number of hydrogen-bond acceptors (Lipinski definition) is 3. The van der Waals surface area contributed by atoms with Crippen molar-refractivity contribution in [1.29, 1.82) is 0 Å². The number of nitrogens with zero attached hydrogens (tertiary/aromatic N) is 2.